The highest BCUT2D eigenvalue weighted by molar-refractivity contribution is 5.73. The number of pyridine rings is 1. The molecule has 1 aliphatic rings. The summed E-state index contributed by atoms with van der Waals surface area (Å²) in [5.41, 5.74) is -0.713. The highest BCUT2D eigenvalue weighted by Gasteiger charge is 2.30. The van der Waals surface area contributed by atoms with Crippen molar-refractivity contribution in [3.05, 3.63) is 28.4 Å². The molecule has 2 heterocycles. The van der Waals surface area contributed by atoms with Crippen LogP contribution in [0.2, 0.25) is 0 Å². The number of hydrogen-bond donors (Lipinski definition) is 0. The van der Waals surface area contributed by atoms with Crippen molar-refractivity contribution in [2.24, 2.45) is 5.92 Å². The molecule has 6 heteroatoms. The monoisotopic (exact) mass is 324 g/mol. The average molecular weight is 324 g/mol. The molecule has 0 aromatic carbocycles. The summed E-state index contributed by atoms with van der Waals surface area (Å²) in [4.78, 5) is 26.2. The Bertz CT molecular complexity index is 626. The fraction of sp³-hybridized carbons (Fsp3) is 0.647. The summed E-state index contributed by atoms with van der Waals surface area (Å²) in [7, 11) is 0. The number of halogens is 1. The summed E-state index contributed by atoms with van der Waals surface area (Å²) in [6.45, 7) is 8.82. The van der Waals surface area contributed by atoms with Gasteiger partial charge in [0.05, 0.1) is 5.92 Å². The van der Waals surface area contributed by atoms with E-state index in [0.29, 0.717) is 32.5 Å². The fourth-order valence-corrected chi connectivity index (χ4v) is 2.80. The Morgan fingerprint density at radius 1 is 1.35 bits per heavy atom. The van der Waals surface area contributed by atoms with Gasteiger partial charge in [0.1, 0.15) is 11.3 Å². The molecule has 0 spiro atoms. The number of piperidine rings is 1. The first kappa shape index (κ1) is 17.5. The molecule has 1 aliphatic heterocycles. The lowest BCUT2D eigenvalue weighted by molar-refractivity contribution is -0.160. The van der Waals surface area contributed by atoms with E-state index >= 15 is 0 Å². The van der Waals surface area contributed by atoms with E-state index in [1.54, 1.807) is 4.90 Å². The van der Waals surface area contributed by atoms with Gasteiger partial charge >= 0.3 is 5.97 Å². The highest BCUT2D eigenvalue weighted by atomic mass is 19.1. The van der Waals surface area contributed by atoms with E-state index in [9.17, 15) is 14.0 Å². The summed E-state index contributed by atoms with van der Waals surface area (Å²) < 4.78 is 21.0. The molecule has 2 rings (SSSR count). The van der Waals surface area contributed by atoms with Gasteiger partial charge in [-0.1, -0.05) is 0 Å². The number of aryl methyl sites for hydroxylation is 1. The Labute approximate surface area is 136 Å². The van der Waals surface area contributed by atoms with Crippen LogP contribution in [0.25, 0.3) is 0 Å². The van der Waals surface area contributed by atoms with Crippen LogP contribution >= 0.6 is 0 Å². The number of nitrogens with zero attached hydrogens (tertiary/aromatic N) is 2. The number of anilines is 1. The van der Waals surface area contributed by atoms with Gasteiger partial charge in [-0.2, -0.15) is 0 Å². The van der Waals surface area contributed by atoms with Gasteiger partial charge < -0.3 is 14.2 Å². The molecule has 1 saturated heterocycles. The van der Waals surface area contributed by atoms with Crippen LogP contribution in [-0.4, -0.2) is 29.2 Å². The third-order valence-corrected chi connectivity index (χ3v) is 3.98. The van der Waals surface area contributed by atoms with Crippen molar-refractivity contribution in [3.63, 3.8) is 0 Å². The van der Waals surface area contributed by atoms with Gasteiger partial charge in [-0.25, -0.2) is 4.39 Å². The Morgan fingerprint density at radius 2 is 1.96 bits per heavy atom. The lowest BCUT2D eigenvalue weighted by Gasteiger charge is -2.33. The first-order chi connectivity index (χ1) is 10.7. The summed E-state index contributed by atoms with van der Waals surface area (Å²) in [6, 6.07) is 1.32. The number of hydrogen-bond acceptors (Lipinski definition) is 4. The molecule has 0 saturated carbocycles. The van der Waals surface area contributed by atoms with Crippen LogP contribution in [0.15, 0.2) is 17.1 Å². The summed E-state index contributed by atoms with van der Waals surface area (Å²) in [6.07, 6.45) is 2.60. The van der Waals surface area contributed by atoms with Crippen molar-refractivity contribution in [1.29, 1.82) is 0 Å². The second-order valence-corrected chi connectivity index (χ2v) is 6.90. The third kappa shape index (κ3) is 4.12. The lowest BCUT2D eigenvalue weighted by atomic mass is 9.96. The molecule has 0 amide bonds. The maximum Gasteiger partial charge on any atom is 0.309 e. The Morgan fingerprint density at radius 3 is 2.48 bits per heavy atom. The second-order valence-electron chi connectivity index (χ2n) is 6.90. The molecule has 1 aromatic heterocycles. The second kappa shape index (κ2) is 6.72. The quantitative estimate of drug-likeness (QED) is 0.802. The normalized spacial score (nSPS) is 16.5. The topological polar surface area (TPSA) is 51.5 Å². The van der Waals surface area contributed by atoms with Crippen LogP contribution in [0, 0.1) is 11.7 Å². The third-order valence-electron chi connectivity index (χ3n) is 3.98. The van der Waals surface area contributed by atoms with Gasteiger partial charge in [-0.3, -0.25) is 9.59 Å². The zero-order valence-corrected chi connectivity index (χ0v) is 14.3. The van der Waals surface area contributed by atoms with E-state index < -0.39 is 11.4 Å². The maximum atomic E-state index is 14.1. The number of rotatable bonds is 3. The predicted octanol–water partition coefficient (Wildman–Crippen LogP) is 2.57. The van der Waals surface area contributed by atoms with Gasteiger partial charge in [0.2, 0.25) is 0 Å². The molecule has 0 radical (unpaired) electrons. The minimum atomic E-state index is -0.505. The van der Waals surface area contributed by atoms with Crippen molar-refractivity contribution in [2.45, 2.75) is 52.7 Å². The van der Waals surface area contributed by atoms with Gasteiger partial charge in [0, 0.05) is 25.8 Å². The standard InChI is InChI=1S/C17H25FN2O3/c1-5-19-11-8-13(18)14(15(19)21)20-9-6-12(7-10-20)16(22)23-17(2,3)4/h8,11-12H,5-7,9-10H2,1-4H3. The van der Waals surface area contributed by atoms with E-state index in [1.807, 2.05) is 27.7 Å². The molecule has 0 bridgehead atoms. The van der Waals surface area contributed by atoms with E-state index in [0.717, 1.165) is 0 Å². The van der Waals surface area contributed by atoms with Crippen LogP contribution in [0.3, 0.4) is 0 Å². The number of carbonyl (C=O) groups is 1. The van der Waals surface area contributed by atoms with Crippen molar-refractivity contribution in [1.82, 2.24) is 4.57 Å². The molecule has 0 unspecified atom stereocenters. The average Bonchev–Trinajstić information content (AvgIpc) is 2.46. The molecular weight excluding hydrogens is 299 g/mol. The van der Waals surface area contributed by atoms with E-state index in [1.165, 1.54) is 16.8 Å². The molecule has 0 aliphatic carbocycles. The highest BCUT2D eigenvalue weighted by Crippen LogP contribution is 2.25. The molecule has 1 aromatic rings. The van der Waals surface area contributed by atoms with Gasteiger partial charge in [0.25, 0.3) is 5.56 Å². The van der Waals surface area contributed by atoms with Crippen LogP contribution in [-0.2, 0) is 16.1 Å². The maximum absolute atomic E-state index is 14.1. The molecule has 23 heavy (non-hydrogen) atoms. The fourth-order valence-electron chi connectivity index (χ4n) is 2.80. The lowest BCUT2D eigenvalue weighted by Crippen LogP contribution is -2.42. The van der Waals surface area contributed by atoms with Crippen molar-refractivity contribution in [2.75, 3.05) is 18.0 Å². The summed E-state index contributed by atoms with van der Waals surface area (Å²) >= 11 is 0. The van der Waals surface area contributed by atoms with Crippen LogP contribution < -0.4 is 10.5 Å². The van der Waals surface area contributed by atoms with Gasteiger partial charge in [-0.15, -0.1) is 0 Å². The molecule has 5 nitrogen and oxygen atoms in total. The smallest absolute Gasteiger partial charge is 0.309 e. The van der Waals surface area contributed by atoms with Crippen molar-refractivity contribution in [3.8, 4) is 0 Å². The molecule has 1 fully saturated rings. The van der Waals surface area contributed by atoms with E-state index in [-0.39, 0.29) is 23.1 Å². The molecule has 0 atom stereocenters. The van der Waals surface area contributed by atoms with Crippen LogP contribution in [0.5, 0.6) is 0 Å². The van der Waals surface area contributed by atoms with E-state index in [4.69, 9.17) is 4.74 Å². The summed E-state index contributed by atoms with van der Waals surface area (Å²) in [5.74, 6) is -0.905. The Hall–Kier alpha value is -1.85. The Balaban J connectivity index is 2.08. The first-order valence-corrected chi connectivity index (χ1v) is 8.09. The van der Waals surface area contributed by atoms with Crippen molar-refractivity contribution < 1.29 is 13.9 Å². The SMILES string of the molecule is CCn1ccc(F)c(N2CCC(C(=O)OC(C)(C)C)CC2)c1=O. The number of carbonyl (C=O) groups excluding carboxylic acids is 1. The van der Waals surface area contributed by atoms with Crippen molar-refractivity contribution >= 4 is 11.7 Å². The number of ether oxygens (including phenoxy) is 1. The molecule has 0 N–H and O–H groups in total. The molecular formula is C17H25FN2O3. The molecule has 128 valence electrons. The first-order valence-electron chi connectivity index (χ1n) is 8.09. The van der Waals surface area contributed by atoms with Gasteiger partial charge in [-0.05, 0) is 46.6 Å². The van der Waals surface area contributed by atoms with Crippen LogP contribution in [0.1, 0.15) is 40.5 Å². The minimum absolute atomic E-state index is 0.108. The predicted molar refractivity (Wildman–Crippen MR) is 87.1 cm³/mol. The number of esters is 1. The number of aromatic nitrogens is 1. The van der Waals surface area contributed by atoms with Crippen LogP contribution in [0.4, 0.5) is 10.1 Å². The van der Waals surface area contributed by atoms with Gasteiger partial charge in [0.15, 0.2) is 5.82 Å². The Kier molecular flexibility index (Phi) is 5.12. The zero-order valence-electron chi connectivity index (χ0n) is 14.3. The van der Waals surface area contributed by atoms with E-state index in [2.05, 4.69) is 0 Å². The summed E-state index contributed by atoms with van der Waals surface area (Å²) in [5, 5.41) is 0. The minimum Gasteiger partial charge on any atom is -0.460 e. The zero-order chi connectivity index (χ0) is 17.2. The largest absolute Gasteiger partial charge is 0.460 e.